The lowest BCUT2D eigenvalue weighted by Gasteiger charge is -2.08. The van der Waals surface area contributed by atoms with E-state index in [0.29, 0.717) is 24.5 Å². The lowest BCUT2D eigenvalue weighted by Crippen LogP contribution is -2.11. The number of benzene rings is 1. The van der Waals surface area contributed by atoms with Crippen molar-refractivity contribution in [2.24, 2.45) is 13.0 Å². The highest BCUT2D eigenvalue weighted by atomic mass is 35.5. The fourth-order valence-electron chi connectivity index (χ4n) is 2.79. The maximum absolute atomic E-state index is 11.6. The Morgan fingerprint density at radius 1 is 1.40 bits per heavy atom. The van der Waals surface area contributed by atoms with E-state index in [1.165, 1.54) is 0 Å². The van der Waals surface area contributed by atoms with Gasteiger partial charge in [0.15, 0.2) is 15.0 Å². The van der Waals surface area contributed by atoms with Gasteiger partial charge >= 0.3 is 0 Å². The van der Waals surface area contributed by atoms with E-state index in [1.807, 2.05) is 23.7 Å². The monoisotopic (exact) mass is 401 g/mol. The second-order valence-corrected chi connectivity index (χ2v) is 9.81. The Morgan fingerprint density at radius 2 is 2.24 bits per heavy atom. The maximum atomic E-state index is 11.6. The number of rotatable bonds is 7. The first-order valence-electron chi connectivity index (χ1n) is 8.03. The van der Waals surface area contributed by atoms with Crippen molar-refractivity contribution in [3.05, 3.63) is 35.1 Å². The summed E-state index contributed by atoms with van der Waals surface area (Å²) < 4.78 is 30.7. The van der Waals surface area contributed by atoms with Gasteiger partial charge in [-0.3, -0.25) is 0 Å². The summed E-state index contributed by atoms with van der Waals surface area (Å²) >= 11 is 7.48. The molecule has 1 aromatic heterocycles. The van der Waals surface area contributed by atoms with Gasteiger partial charge in [0.2, 0.25) is 0 Å². The Morgan fingerprint density at radius 3 is 2.96 bits per heavy atom. The molecule has 3 rings (SSSR count). The molecule has 1 aliphatic rings. The van der Waals surface area contributed by atoms with Crippen LogP contribution in [0.15, 0.2) is 29.4 Å². The number of aromatic nitrogens is 3. The third kappa shape index (κ3) is 5.12. The fourth-order valence-corrected chi connectivity index (χ4v) is 5.58. The van der Waals surface area contributed by atoms with Crippen LogP contribution in [0, 0.1) is 5.92 Å². The molecule has 1 aromatic carbocycles. The molecule has 1 fully saturated rings. The Labute approximate surface area is 156 Å². The minimum Gasteiger partial charge on any atom is -0.493 e. The van der Waals surface area contributed by atoms with Crippen LogP contribution in [-0.4, -0.2) is 47.0 Å². The molecule has 2 aromatic rings. The number of thioether (sulfide) groups is 1. The predicted octanol–water partition coefficient (Wildman–Crippen LogP) is 2.62. The average molecular weight is 402 g/mol. The second-order valence-electron chi connectivity index (χ2n) is 6.09. The zero-order chi connectivity index (χ0) is 17.9. The SMILES string of the molecule is Cn1c(CC2CCS(=O)(=O)C2)nnc1SCCOc1cccc(Cl)c1. The summed E-state index contributed by atoms with van der Waals surface area (Å²) in [6.07, 6.45) is 1.37. The van der Waals surface area contributed by atoms with Gasteiger partial charge in [0.25, 0.3) is 0 Å². The standard InChI is InChI=1S/C16H20ClN3O3S2/c1-20-15(9-12-5-8-25(21,22)11-12)18-19-16(20)24-7-6-23-14-4-2-3-13(17)10-14/h2-4,10,12H,5-9,11H2,1H3. The van der Waals surface area contributed by atoms with Crippen molar-refractivity contribution in [2.75, 3.05) is 23.9 Å². The highest BCUT2D eigenvalue weighted by Crippen LogP contribution is 2.24. The largest absolute Gasteiger partial charge is 0.493 e. The van der Waals surface area contributed by atoms with E-state index in [9.17, 15) is 8.42 Å². The van der Waals surface area contributed by atoms with Gasteiger partial charge in [0.05, 0.1) is 18.1 Å². The Kier molecular flexibility index (Phi) is 5.91. The molecule has 1 atom stereocenters. The van der Waals surface area contributed by atoms with Gasteiger partial charge in [-0.1, -0.05) is 29.4 Å². The molecule has 1 saturated heterocycles. The molecule has 0 aliphatic carbocycles. The van der Waals surface area contributed by atoms with Crippen LogP contribution < -0.4 is 4.74 Å². The number of ether oxygens (including phenoxy) is 1. The molecule has 0 bridgehead atoms. The van der Waals surface area contributed by atoms with E-state index < -0.39 is 9.84 Å². The Balaban J connectivity index is 1.48. The Bertz CT molecular complexity index is 839. The topological polar surface area (TPSA) is 74.1 Å². The van der Waals surface area contributed by atoms with E-state index in [4.69, 9.17) is 16.3 Å². The first-order valence-corrected chi connectivity index (χ1v) is 11.2. The molecule has 0 N–H and O–H groups in total. The molecule has 0 radical (unpaired) electrons. The molecule has 0 spiro atoms. The zero-order valence-electron chi connectivity index (χ0n) is 13.9. The number of halogens is 1. The van der Waals surface area contributed by atoms with Crippen molar-refractivity contribution in [1.82, 2.24) is 14.8 Å². The lowest BCUT2D eigenvalue weighted by molar-refractivity contribution is 0.344. The van der Waals surface area contributed by atoms with Crippen LogP contribution in [0.2, 0.25) is 5.02 Å². The minimum absolute atomic E-state index is 0.150. The molecular weight excluding hydrogens is 382 g/mol. The van der Waals surface area contributed by atoms with Gasteiger partial charge in [0.1, 0.15) is 11.6 Å². The molecule has 6 nitrogen and oxygen atoms in total. The number of hydrogen-bond acceptors (Lipinski definition) is 6. The Hall–Kier alpha value is -1.25. The molecule has 1 unspecified atom stereocenters. The van der Waals surface area contributed by atoms with Crippen LogP contribution in [0.25, 0.3) is 0 Å². The van der Waals surface area contributed by atoms with Gasteiger partial charge in [-0.25, -0.2) is 8.42 Å². The molecule has 2 heterocycles. The van der Waals surface area contributed by atoms with Gasteiger partial charge in [-0.05, 0) is 30.5 Å². The van der Waals surface area contributed by atoms with Crippen molar-refractivity contribution in [3.8, 4) is 5.75 Å². The van der Waals surface area contributed by atoms with Crippen LogP contribution in [0.1, 0.15) is 12.2 Å². The van der Waals surface area contributed by atoms with Crippen LogP contribution in [0.3, 0.4) is 0 Å². The zero-order valence-corrected chi connectivity index (χ0v) is 16.3. The fraction of sp³-hybridized carbons (Fsp3) is 0.500. The quantitative estimate of drug-likeness (QED) is 0.524. The summed E-state index contributed by atoms with van der Waals surface area (Å²) in [6, 6.07) is 7.30. The van der Waals surface area contributed by atoms with Crippen LogP contribution in [0.5, 0.6) is 5.75 Å². The summed E-state index contributed by atoms with van der Waals surface area (Å²) in [5.41, 5.74) is 0. The number of hydrogen-bond donors (Lipinski definition) is 0. The molecule has 25 heavy (non-hydrogen) atoms. The highest BCUT2D eigenvalue weighted by Gasteiger charge is 2.29. The summed E-state index contributed by atoms with van der Waals surface area (Å²) in [6.45, 7) is 0.536. The molecule has 136 valence electrons. The molecule has 0 saturated carbocycles. The summed E-state index contributed by atoms with van der Waals surface area (Å²) in [5, 5.41) is 9.88. The molecule has 0 amide bonds. The summed E-state index contributed by atoms with van der Waals surface area (Å²) in [4.78, 5) is 0. The van der Waals surface area contributed by atoms with E-state index in [-0.39, 0.29) is 17.4 Å². The smallest absolute Gasteiger partial charge is 0.191 e. The van der Waals surface area contributed by atoms with Gasteiger partial charge in [-0.2, -0.15) is 0 Å². The van der Waals surface area contributed by atoms with Gasteiger partial charge < -0.3 is 9.30 Å². The van der Waals surface area contributed by atoms with Gasteiger partial charge in [0, 0.05) is 24.2 Å². The third-order valence-corrected chi connectivity index (χ3v) is 7.16. The lowest BCUT2D eigenvalue weighted by atomic mass is 10.1. The summed E-state index contributed by atoms with van der Waals surface area (Å²) in [5.74, 6) is 3.01. The normalized spacial score (nSPS) is 19.2. The highest BCUT2D eigenvalue weighted by molar-refractivity contribution is 7.99. The van der Waals surface area contributed by atoms with Crippen molar-refractivity contribution in [2.45, 2.75) is 18.0 Å². The van der Waals surface area contributed by atoms with E-state index in [1.54, 1.807) is 23.9 Å². The summed E-state index contributed by atoms with van der Waals surface area (Å²) in [7, 11) is -0.942. The van der Waals surface area contributed by atoms with Crippen LogP contribution in [-0.2, 0) is 23.3 Å². The van der Waals surface area contributed by atoms with E-state index in [0.717, 1.165) is 22.5 Å². The minimum atomic E-state index is -2.86. The molecule has 9 heteroatoms. The third-order valence-electron chi connectivity index (χ3n) is 4.10. The number of sulfone groups is 1. The molecule has 1 aliphatic heterocycles. The van der Waals surface area contributed by atoms with Crippen LogP contribution in [0.4, 0.5) is 0 Å². The first kappa shape index (κ1) is 18.5. The first-order chi connectivity index (χ1) is 11.9. The second kappa shape index (κ2) is 7.97. The van der Waals surface area contributed by atoms with E-state index >= 15 is 0 Å². The number of nitrogens with zero attached hydrogens (tertiary/aromatic N) is 3. The van der Waals surface area contributed by atoms with Crippen LogP contribution >= 0.6 is 23.4 Å². The maximum Gasteiger partial charge on any atom is 0.191 e. The van der Waals surface area contributed by atoms with Gasteiger partial charge in [-0.15, -0.1) is 10.2 Å². The van der Waals surface area contributed by atoms with Crippen molar-refractivity contribution >= 4 is 33.2 Å². The van der Waals surface area contributed by atoms with Crippen molar-refractivity contribution in [1.29, 1.82) is 0 Å². The van der Waals surface area contributed by atoms with Crippen molar-refractivity contribution < 1.29 is 13.2 Å². The molecular formula is C16H20ClN3O3S2. The van der Waals surface area contributed by atoms with Crippen molar-refractivity contribution in [3.63, 3.8) is 0 Å². The van der Waals surface area contributed by atoms with E-state index in [2.05, 4.69) is 10.2 Å². The predicted molar refractivity (Wildman–Crippen MR) is 99.1 cm³/mol. The average Bonchev–Trinajstić information content (AvgIpc) is 3.07.